The van der Waals surface area contributed by atoms with Gasteiger partial charge < -0.3 is 4.90 Å². The van der Waals surface area contributed by atoms with Crippen LogP contribution in [0.2, 0.25) is 0 Å². The molecule has 1 unspecified atom stereocenters. The number of nitrogens with zero attached hydrogens (tertiary/aromatic N) is 2. The minimum absolute atomic E-state index is 0.330. The highest BCUT2D eigenvalue weighted by Crippen LogP contribution is 2.24. The molecule has 0 radical (unpaired) electrons. The number of hydrogen-bond donors (Lipinski definition) is 1. The Balaban J connectivity index is 2.12. The van der Waals surface area contributed by atoms with Crippen molar-refractivity contribution < 1.29 is 0 Å². The van der Waals surface area contributed by atoms with Gasteiger partial charge in [-0.15, -0.1) is 0 Å². The molecule has 0 aliphatic heterocycles. The minimum atomic E-state index is -0.330. The molecule has 1 aliphatic rings. The fraction of sp³-hybridized carbons (Fsp3) is 0.929. The summed E-state index contributed by atoms with van der Waals surface area (Å²) in [5, 5.41) is 12.4. The summed E-state index contributed by atoms with van der Waals surface area (Å²) < 4.78 is 0. The molecule has 0 amide bonds. The summed E-state index contributed by atoms with van der Waals surface area (Å²) in [6.07, 6.45) is 7.45. The molecular weight excluding hydrogens is 210 g/mol. The zero-order valence-electron chi connectivity index (χ0n) is 11.6. The average molecular weight is 237 g/mol. The van der Waals surface area contributed by atoms with Gasteiger partial charge in [-0.3, -0.25) is 5.32 Å². The first-order valence-electron chi connectivity index (χ1n) is 6.98. The molecule has 3 heteroatoms. The SMILES string of the molecule is CCNC(C)(C#N)CCCCN(C)C1CCC1. The maximum Gasteiger partial charge on any atom is 0.103 e. The van der Waals surface area contributed by atoms with Gasteiger partial charge in [0, 0.05) is 6.04 Å². The highest BCUT2D eigenvalue weighted by molar-refractivity contribution is 5.03. The average Bonchev–Trinajstić information content (AvgIpc) is 2.22. The lowest BCUT2D eigenvalue weighted by molar-refractivity contribution is 0.156. The second-order valence-electron chi connectivity index (χ2n) is 5.50. The number of unbranched alkanes of at least 4 members (excludes halogenated alkanes) is 1. The fourth-order valence-electron chi connectivity index (χ4n) is 2.42. The van der Waals surface area contributed by atoms with Gasteiger partial charge in [-0.2, -0.15) is 5.26 Å². The number of hydrogen-bond acceptors (Lipinski definition) is 3. The van der Waals surface area contributed by atoms with Crippen molar-refractivity contribution in [2.45, 2.75) is 64.0 Å². The predicted octanol–water partition coefficient (Wildman–Crippen LogP) is 2.53. The molecule has 1 aliphatic carbocycles. The van der Waals surface area contributed by atoms with Crippen LogP contribution < -0.4 is 5.32 Å². The molecule has 0 saturated heterocycles. The second kappa shape index (κ2) is 6.98. The maximum absolute atomic E-state index is 9.14. The van der Waals surface area contributed by atoms with E-state index in [0.717, 1.165) is 25.4 Å². The van der Waals surface area contributed by atoms with Crippen molar-refractivity contribution >= 4 is 0 Å². The van der Waals surface area contributed by atoms with E-state index in [0.29, 0.717) is 0 Å². The summed E-state index contributed by atoms with van der Waals surface area (Å²) in [5.41, 5.74) is -0.330. The third-order valence-corrected chi connectivity index (χ3v) is 3.95. The molecule has 0 heterocycles. The van der Waals surface area contributed by atoms with Crippen LogP contribution in [0, 0.1) is 11.3 Å². The van der Waals surface area contributed by atoms with E-state index in [1.807, 2.05) is 6.92 Å². The third-order valence-electron chi connectivity index (χ3n) is 3.95. The Kier molecular flexibility index (Phi) is 5.94. The molecule has 0 bridgehead atoms. The van der Waals surface area contributed by atoms with Crippen LogP contribution in [0.25, 0.3) is 0 Å². The maximum atomic E-state index is 9.14. The van der Waals surface area contributed by atoms with Gasteiger partial charge >= 0.3 is 0 Å². The molecule has 1 N–H and O–H groups in total. The lowest BCUT2D eigenvalue weighted by atomic mass is 9.91. The largest absolute Gasteiger partial charge is 0.303 e. The second-order valence-corrected chi connectivity index (χ2v) is 5.50. The normalized spacial score (nSPS) is 19.7. The Bertz CT molecular complexity index is 255. The van der Waals surface area contributed by atoms with Gasteiger partial charge in [0.1, 0.15) is 5.54 Å². The zero-order valence-corrected chi connectivity index (χ0v) is 11.6. The van der Waals surface area contributed by atoms with Crippen LogP contribution in [0.4, 0.5) is 0 Å². The highest BCUT2D eigenvalue weighted by atomic mass is 15.1. The number of rotatable bonds is 8. The molecule has 3 nitrogen and oxygen atoms in total. The number of nitrogens with one attached hydrogen (secondary N) is 1. The fourth-order valence-corrected chi connectivity index (χ4v) is 2.42. The van der Waals surface area contributed by atoms with E-state index in [1.54, 1.807) is 0 Å². The lowest BCUT2D eigenvalue weighted by Gasteiger charge is -2.34. The third kappa shape index (κ3) is 4.65. The van der Waals surface area contributed by atoms with Gasteiger partial charge in [0.25, 0.3) is 0 Å². The van der Waals surface area contributed by atoms with Crippen molar-refractivity contribution in [1.82, 2.24) is 10.2 Å². The van der Waals surface area contributed by atoms with Crippen molar-refractivity contribution in [1.29, 1.82) is 5.26 Å². The van der Waals surface area contributed by atoms with Gasteiger partial charge in [-0.25, -0.2) is 0 Å². The van der Waals surface area contributed by atoms with Gasteiger partial charge in [0.2, 0.25) is 0 Å². The van der Waals surface area contributed by atoms with Crippen LogP contribution in [0.15, 0.2) is 0 Å². The molecule has 0 spiro atoms. The van der Waals surface area contributed by atoms with E-state index in [1.165, 1.54) is 32.2 Å². The Morgan fingerprint density at radius 1 is 1.41 bits per heavy atom. The summed E-state index contributed by atoms with van der Waals surface area (Å²) in [5.74, 6) is 0. The smallest absolute Gasteiger partial charge is 0.103 e. The topological polar surface area (TPSA) is 39.1 Å². The summed E-state index contributed by atoms with van der Waals surface area (Å²) >= 11 is 0. The molecular formula is C14H27N3. The molecule has 17 heavy (non-hydrogen) atoms. The van der Waals surface area contributed by atoms with Gasteiger partial charge in [-0.1, -0.05) is 13.3 Å². The van der Waals surface area contributed by atoms with E-state index in [2.05, 4.69) is 30.3 Å². The molecule has 0 aromatic carbocycles. The van der Waals surface area contributed by atoms with Crippen molar-refractivity contribution in [3.8, 4) is 6.07 Å². The van der Waals surface area contributed by atoms with E-state index in [9.17, 15) is 0 Å². The van der Waals surface area contributed by atoms with Crippen LogP contribution in [0.5, 0.6) is 0 Å². The van der Waals surface area contributed by atoms with E-state index in [-0.39, 0.29) is 5.54 Å². The highest BCUT2D eigenvalue weighted by Gasteiger charge is 2.23. The summed E-state index contributed by atoms with van der Waals surface area (Å²) in [4.78, 5) is 2.49. The Morgan fingerprint density at radius 3 is 2.59 bits per heavy atom. The molecule has 0 aromatic heterocycles. The van der Waals surface area contributed by atoms with Crippen LogP contribution in [0.3, 0.4) is 0 Å². The molecule has 0 aromatic rings. The number of nitriles is 1. The van der Waals surface area contributed by atoms with E-state index in [4.69, 9.17) is 5.26 Å². The van der Waals surface area contributed by atoms with E-state index < -0.39 is 0 Å². The quantitative estimate of drug-likeness (QED) is 0.659. The van der Waals surface area contributed by atoms with Crippen molar-refractivity contribution in [3.05, 3.63) is 0 Å². The first-order chi connectivity index (χ1) is 8.11. The Hall–Kier alpha value is -0.590. The molecule has 98 valence electrons. The minimum Gasteiger partial charge on any atom is -0.303 e. The Labute approximate surface area is 106 Å². The van der Waals surface area contributed by atoms with Crippen molar-refractivity contribution in [2.75, 3.05) is 20.1 Å². The van der Waals surface area contributed by atoms with Gasteiger partial charge in [0.05, 0.1) is 6.07 Å². The van der Waals surface area contributed by atoms with Crippen molar-refractivity contribution in [2.24, 2.45) is 0 Å². The van der Waals surface area contributed by atoms with Crippen LogP contribution in [-0.2, 0) is 0 Å². The standard InChI is InChI=1S/C14H27N3/c1-4-16-14(2,12-15)10-5-6-11-17(3)13-8-7-9-13/h13,16H,4-11H2,1-3H3. The molecule has 1 saturated carbocycles. The lowest BCUT2D eigenvalue weighted by Crippen LogP contribution is -2.41. The summed E-state index contributed by atoms with van der Waals surface area (Å²) in [7, 11) is 2.23. The van der Waals surface area contributed by atoms with E-state index >= 15 is 0 Å². The van der Waals surface area contributed by atoms with Crippen LogP contribution in [0.1, 0.15) is 52.4 Å². The molecule has 1 fully saturated rings. The van der Waals surface area contributed by atoms with Crippen LogP contribution in [-0.4, -0.2) is 36.6 Å². The first-order valence-corrected chi connectivity index (χ1v) is 6.98. The first kappa shape index (κ1) is 14.5. The zero-order chi connectivity index (χ0) is 12.7. The predicted molar refractivity (Wildman–Crippen MR) is 71.8 cm³/mol. The molecule has 1 atom stereocenters. The Morgan fingerprint density at radius 2 is 2.12 bits per heavy atom. The monoisotopic (exact) mass is 237 g/mol. The molecule has 1 rings (SSSR count). The van der Waals surface area contributed by atoms with Crippen molar-refractivity contribution in [3.63, 3.8) is 0 Å². The van der Waals surface area contributed by atoms with Gasteiger partial charge in [0.15, 0.2) is 0 Å². The van der Waals surface area contributed by atoms with Gasteiger partial charge in [-0.05, 0) is 59.2 Å². The summed E-state index contributed by atoms with van der Waals surface area (Å²) in [6.45, 7) is 6.11. The van der Waals surface area contributed by atoms with Crippen LogP contribution >= 0.6 is 0 Å². The summed E-state index contributed by atoms with van der Waals surface area (Å²) in [6, 6.07) is 3.23.